The minimum absolute atomic E-state index is 0.235. The number of guanidine groups is 1. The Morgan fingerprint density at radius 1 is 1.25 bits per heavy atom. The molecule has 16 heavy (non-hydrogen) atoms. The minimum atomic E-state index is -0.655. The van der Waals surface area contributed by atoms with Crippen molar-refractivity contribution < 1.29 is 9.59 Å². The quantitative estimate of drug-likeness (QED) is 0.734. The Morgan fingerprint density at radius 3 is 2.38 bits per heavy atom. The molecule has 5 nitrogen and oxygen atoms in total. The molecule has 0 atom stereocenters. The largest absolute Gasteiger partial charge is 0.316 e. The highest BCUT2D eigenvalue weighted by Crippen LogP contribution is 2.21. The fourth-order valence-electron chi connectivity index (χ4n) is 1.32. The highest BCUT2D eigenvalue weighted by molar-refractivity contribution is 7.12. The van der Waals surface area contributed by atoms with E-state index < -0.39 is 11.8 Å². The minimum Gasteiger partial charge on any atom is -0.288 e. The molecule has 1 aromatic rings. The van der Waals surface area contributed by atoms with Crippen LogP contribution in [0.5, 0.6) is 0 Å². The Bertz CT molecular complexity index is 453. The normalized spacial score (nSPS) is 15.0. The van der Waals surface area contributed by atoms with E-state index in [0.29, 0.717) is 6.54 Å². The molecule has 84 valence electrons. The van der Waals surface area contributed by atoms with Gasteiger partial charge in [-0.05, 0) is 25.5 Å². The van der Waals surface area contributed by atoms with E-state index in [1.807, 2.05) is 6.92 Å². The summed E-state index contributed by atoms with van der Waals surface area (Å²) in [4.78, 5) is 28.2. The van der Waals surface area contributed by atoms with Crippen molar-refractivity contribution in [3.63, 3.8) is 0 Å². The van der Waals surface area contributed by atoms with Gasteiger partial charge in [0.25, 0.3) is 0 Å². The molecule has 2 N–H and O–H groups in total. The van der Waals surface area contributed by atoms with Crippen molar-refractivity contribution in [2.24, 2.45) is 4.99 Å². The molecule has 0 unspecified atom stereocenters. The number of aryl methyl sites for hydroxylation is 2. The van der Waals surface area contributed by atoms with E-state index in [1.54, 1.807) is 11.3 Å². The van der Waals surface area contributed by atoms with E-state index in [0.717, 1.165) is 4.88 Å². The summed E-state index contributed by atoms with van der Waals surface area (Å²) in [6.45, 7) is 4.56. The third kappa shape index (κ3) is 2.11. The van der Waals surface area contributed by atoms with E-state index in [-0.39, 0.29) is 5.96 Å². The number of carbonyl (C=O) groups excluding carboxylic acids is 2. The summed E-state index contributed by atoms with van der Waals surface area (Å²) in [5.41, 5.74) is 1.24. The molecular weight excluding hydrogens is 226 g/mol. The molecule has 2 amide bonds. The number of thiophene rings is 1. The standard InChI is InChI=1S/C10H11N3O2S/c1-5-3-7(16-6(5)2)4-11-10-12-8(14)9(15)13-10/h3H,4H2,1-2H3,(H2,11,12,13,14,15). The molecule has 6 heteroatoms. The van der Waals surface area contributed by atoms with Gasteiger partial charge in [0.15, 0.2) is 0 Å². The lowest BCUT2D eigenvalue weighted by Crippen LogP contribution is -2.25. The van der Waals surface area contributed by atoms with Crippen LogP contribution in [-0.2, 0) is 16.1 Å². The van der Waals surface area contributed by atoms with Gasteiger partial charge < -0.3 is 0 Å². The topological polar surface area (TPSA) is 70.6 Å². The van der Waals surface area contributed by atoms with Crippen molar-refractivity contribution in [2.45, 2.75) is 20.4 Å². The summed E-state index contributed by atoms with van der Waals surface area (Å²) in [5.74, 6) is -1.08. The fourth-order valence-corrected chi connectivity index (χ4v) is 2.30. The lowest BCUT2D eigenvalue weighted by atomic mass is 10.3. The second-order valence-electron chi connectivity index (χ2n) is 3.52. The van der Waals surface area contributed by atoms with E-state index in [4.69, 9.17) is 0 Å². The first-order valence-electron chi connectivity index (χ1n) is 4.79. The molecule has 0 aliphatic carbocycles. The number of carbonyl (C=O) groups is 2. The zero-order valence-corrected chi connectivity index (χ0v) is 9.77. The van der Waals surface area contributed by atoms with Gasteiger partial charge in [0.2, 0.25) is 5.96 Å². The molecule has 2 heterocycles. The third-order valence-corrected chi connectivity index (χ3v) is 3.42. The molecule has 2 rings (SSSR count). The van der Waals surface area contributed by atoms with Crippen LogP contribution in [0.25, 0.3) is 0 Å². The van der Waals surface area contributed by atoms with Crippen molar-refractivity contribution in [2.75, 3.05) is 0 Å². The Kier molecular flexibility index (Phi) is 2.74. The number of rotatable bonds is 2. The highest BCUT2D eigenvalue weighted by Gasteiger charge is 2.24. The van der Waals surface area contributed by atoms with Crippen LogP contribution in [0.4, 0.5) is 0 Å². The highest BCUT2D eigenvalue weighted by atomic mass is 32.1. The number of amides is 2. The lowest BCUT2D eigenvalue weighted by Gasteiger charge is -1.94. The average Bonchev–Trinajstić information content (AvgIpc) is 2.70. The van der Waals surface area contributed by atoms with Gasteiger partial charge in [0.05, 0.1) is 6.54 Å². The molecule has 0 spiro atoms. The Hall–Kier alpha value is -1.69. The molecule has 0 bridgehead atoms. The van der Waals surface area contributed by atoms with Crippen molar-refractivity contribution in [3.05, 3.63) is 21.4 Å². The SMILES string of the molecule is Cc1cc(CN=C2NC(=O)C(=O)N2)sc1C. The maximum atomic E-state index is 10.9. The van der Waals surface area contributed by atoms with Gasteiger partial charge in [-0.1, -0.05) is 0 Å². The monoisotopic (exact) mass is 237 g/mol. The zero-order valence-electron chi connectivity index (χ0n) is 8.96. The second kappa shape index (κ2) is 4.05. The van der Waals surface area contributed by atoms with E-state index in [1.165, 1.54) is 10.4 Å². The predicted octanol–water partition coefficient (Wildman–Crippen LogP) is 0.467. The zero-order chi connectivity index (χ0) is 11.7. The maximum Gasteiger partial charge on any atom is 0.316 e. The van der Waals surface area contributed by atoms with Crippen LogP contribution < -0.4 is 10.6 Å². The summed E-state index contributed by atoms with van der Waals surface area (Å²) in [7, 11) is 0. The Balaban J connectivity index is 2.04. The van der Waals surface area contributed by atoms with Gasteiger partial charge in [-0.25, -0.2) is 4.99 Å². The third-order valence-electron chi connectivity index (χ3n) is 2.28. The molecule has 0 aromatic carbocycles. The second-order valence-corrected chi connectivity index (χ2v) is 4.87. The number of nitrogens with one attached hydrogen (secondary N) is 2. The molecule has 1 saturated heterocycles. The average molecular weight is 237 g/mol. The van der Waals surface area contributed by atoms with Crippen molar-refractivity contribution in [1.82, 2.24) is 10.6 Å². The number of hydrogen-bond acceptors (Lipinski definition) is 4. The summed E-state index contributed by atoms with van der Waals surface area (Å²) in [5, 5.41) is 4.70. The van der Waals surface area contributed by atoms with Crippen LogP contribution in [0.2, 0.25) is 0 Å². The number of hydrogen-bond donors (Lipinski definition) is 2. The maximum absolute atomic E-state index is 10.9. The van der Waals surface area contributed by atoms with Crippen molar-refractivity contribution >= 4 is 29.1 Å². The summed E-state index contributed by atoms with van der Waals surface area (Å²) in [6.07, 6.45) is 0. The van der Waals surface area contributed by atoms with Crippen molar-refractivity contribution in [1.29, 1.82) is 0 Å². The van der Waals surface area contributed by atoms with Crippen LogP contribution in [0, 0.1) is 13.8 Å². The molecule has 0 saturated carbocycles. The van der Waals surface area contributed by atoms with Gasteiger partial charge in [-0.3, -0.25) is 20.2 Å². The van der Waals surface area contributed by atoms with Gasteiger partial charge in [0.1, 0.15) is 0 Å². The van der Waals surface area contributed by atoms with Crippen LogP contribution in [0.15, 0.2) is 11.1 Å². The van der Waals surface area contributed by atoms with Crippen LogP contribution >= 0.6 is 11.3 Å². The van der Waals surface area contributed by atoms with Crippen molar-refractivity contribution in [3.8, 4) is 0 Å². The first-order valence-corrected chi connectivity index (χ1v) is 5.60. The van der Waals surface area contributed by atoms with Crippen LogP contribution in [0.3, 0.4) is 0 Å². The molecule has 0 radical (unpaired) electrons. The lowest BCUT2D eigenvalue weighted by molar-refractivity contribution is -0.135. The smallest absolute Gasteiger partial charge is 0.288 e. The number of nitrogens with zero attached hydrogens (tertiary/aromatic N) is 1. The van der Waals surface area contributed by atoms with Gasteiger partial charge in [-0.15, -0.1) is 11.3 Å². The predicted molar refractivity (Wildman–Crippen MR) is 61.2 cm³/mol. The first-order chi connectivity index (χ1) is 7.56. The fraction of sp³-hybridized carbons (Fsp3) is 0.300. The van der Waals surface area contributed by atoms with E-state index in [2.05, 4.69) is 28.6 Å². The first kappa shape index (κ1) is 10.8. The summed E-state index contributed by atoms with van der Waals surface area (Å²) in [6, 6.07) is 2.06. The van der Waals surface area contributed by atoms with E-state index in [9.17, 15) is 9.59 Å². The van der Waals surface area contributed by atoms with Gasteiger partial charge in [0, 0.05) is 9.75 Å². The number of aliphatic imine (C=N–C) groups is 1. The summed E-state index contributed by atoms with van der Waals surface area (Å²) < 4.78 is 0. The van der Waals surface area contributed by atoms with Crippen LogP contribution in [0.1, 0.15) is 15.3 Å². The van der Waals surface area contributed by atoms with Gasteiger partial charge >= 0.3 is 11.8 Å². The Morgan fingerprint density at radius 2 is 1.88 bits per heavy atom. The van der Waals surface area contributed by atoms with Crippen LogP contribution in [-0.4, -0.2) is 17.8 Å². The Labute approximate surface area is 96.6 Å². The van der Waals surface area contributed by atoms with Gasteiger partial charge in [-0.2, -0.15) is 0 Å². The molecule has 1 aliphatic rings. The van der Waals surface area contributed by atoms with E-state index >= 15 is 0 Å². The molecule has 1 fully saturated rings. The molecule has 1 aromatic heterocycles. The molecular formula is C10H11N3O2S. The summed E-state index contributed by atoms with van der Waals surface area (Å²) >= 11 is 1.67. The molecule has 1 aliphatic heterocycles.